The molecule has 21 heavy (non-hydrogen) atoms. The first kappa shape index (κ1) is 13.7. The lowest BCUT2D eigenvalue weighted by Gasteiger charge is -2.17. The smallest absolute Gasteiger partial charge is 0.251 e. The molecule has 0 aromatic heterocycles. The second kappa shape index (κ2) is 5.60. The number of aryl methyl sites for hydroxylation is 1. The van der Waals surface area contributed by atoms with Gasteiger partial charge in [-0.05, 0) is 55.2 Å². The number of amides is 1. The molecule has 1 aliphatic heterocycles. The fourth-order valence-corrected chi connectivity index (χ4v) is 2.88. The van der Waals surface area contributed by atoms with Crippen molar-refractivity contribution in [1.29, 1.82) is 0 Å². The molecule has 2 aromatic rings. The van der Waals surface area contributed by atoms with Gasteiger partial charge in [0.05, 0.1) is 6.04 Å². The highest BCUT2D eigenvalue weighted by Gasteiger charge is 2.16. The second-order valence-electron chi connectivity index (χ2n) is 5.60. The molecule has 1 aliphatic rings. The van der Waals surface area contributed by atoms with E-state index in [4.69, 9.17) is 0 Å². The van der Waals surface area contributed by atoms with Crippen molar-refractivity contribution < 1.29 is 4.79 Å². The van der Waals surface area contributed by atoms with Crippen molar-refractivity contribution in [3.63, 3.8) is 0 Å². The number of fused-ring (bicyclic) bond motifs is 1. The SMILES string of the molecule is Cc1ccccc1[C@@H](C)NC(=O)c1ccc2c(c1)CCN2. The fraction of sp³-hybridized carbons (Fsp3) is 0.278. The first-order chi connectivity index (χ1) is 10.1. The average Bonchev–Trinajstić information content (AvgIpc) is 2.94. The number of rotatable bonds is 3. The summed E-state index contributed by atoms with van der Waals surface area (Å²) < 4.78 is 0. The van der Waals surface area contributed by atoms with Gasteiger partial charge in [-0.2, -0.15) is 0 Å². The quantitative estimate of drug-likeness (QED) is 0.904. The molecule has 0 radical (unpaired) electrons. The van der Waals surface area contributed by atoms with Crippen LogP contribution in [0.15, 0.2) is 42.5 Å². The van der Waals surface area contributed by atoms with Crippen molar-refractivity contribution in [3.8, 4) is 0 Å². The van der Waals surface area contributed by atoms with Gasteiger partial charge in [0.2, 0.25) is 0 Å². The van der Waals surface area contributed by atoms with E-state index in [1.807, 2.05) is 37.3 Å². The maximum Gasteiger partial charge on any atom is 0.251 e. The van der Waals surface area contributed by atoms with Crippen molar-refractivity contribution in [2.24, 2.45) is 0 Å². The number of carbonyl (C=O) groups excluding carboxylic acids is 1. The van der Waals surface area contributed by atoms with Crippen LogP contribution in [0.2, 0.25) is 0 Å². The molecule has 0 fully saturated rings. The molecule has 3 heteroatoms. The van der Waals surface area contributed by atoms with Crippen LogP contribution in [0.1, 0.15) is 40.0 Å². The highest BCUT2D eigenvalue weighted by atomic mass is 16.1. The van der Waals surface area contributed by atoms with Crippen molar-refractivity contribution in [2.45, 2.75) is 26.3 Å². The van der Waals surface area contributed by atoms with E-state index >= 15 is 0 Å². The van der Waals surface area contributed by atoms with E-state index in [1.165, 1.54) is 11.1 Å². The van der Waals surface area contributed by atoms with E-state index in [2.05, 4.69) is 29.7 Å². The van der Waals surface area contributed by atoms with Crippen LogP contribution in [0.5, 0.6) is 0 Å². The average molecular weight is 280 g/mol. The minimum Gasteiger partial charge on any atom is -0.384 e. The Morgan fingerprint density at radius 2 is 2.05 bits per heavy atom. The Labute approximate surface area is 125 Å². The van der Waals surface area contributed by atoms with E-state index < -0.39 is 0 Å². The molecule has 2 aromatic carbocycles. The summed E-state index contributed by atoms with van der Waals surface area (Å²) in [4.78, 5) is 12.4. The van der Waals surface area contributed by atoms with E-state index in [1.54, 1.807) is 0 Å². The highest BCUT2D eigenvalue weighted by Crippen LogP contribution is 2.23. The molecule has 1 atom stereocenters. The number of anilines is 1. The van der Waals surface area contributed by atoms with Crippen LogP contribution in [0.25, 0.3) is 0 Å². The highest BCUT2D eigenvalue weighted by molar-refractivity contribution is 5.95. The van der Waals surface area contributed by atoms with Crippen LogP contribution < -0.4 is 10.6 Å². The van der Waals surface area contributed by atoms with E-state index in [0.717, 1.165) is 29.8 Å². The van der Waals surface area contributed by atoms with E-state index in [9.17, 15) is 4.79 Å². The van der Waals surface area contributed by atoms with Gasteiger partial charge in [-0.1, -0.05) is 24.3 Å². The Morgan fingerprint density at radius 3 is 2.86 bits per heavy atom. The van der Waals surface area contributed by atoms with Crippen molar-refractivity contribution in [3.05, 3.63) is 64.7 Å². The summed E-state index contributed by atoms with van der Waals surface area (Å²) >= 11 is 0. The molecule has 3 nitrogen and oxygen atoms in total. The summed E-state index contributed by atoms with van der Waals surface area (Å²) in [7, 11) is 0. The summed E-state index contributed by atoms with van der Waals surface area (Å²) in [5.41, 5.74) is 5.47. The Balaban J connectivity index is 1.76. The normalized spacial score (nSPS) is 14.2. The summed E-state index contributed by atoms with van der Waals surface area (Å²) in [6, 6.07) is 14.0. The zero-order chi connectivity index (χ0) is 14.8. The van der Waals surface area contributed by atoms with Gasteiger partial charge in [0, 0.05) is 17.8 Å². The lowest BCUT2D eigenvalue weighted by Crippen LogP contribution is -2.27. The third-order valence-corrected chi connectivity index (χ3v) is 4.08. The molecule has 2 N–H and O–H groups in total. The zero-order valence-electron chi connectivity index (χ0n) is 12.4. The summed E-state index contributed by atoms with van der Waals surface area (Å²) in [6.07, 6.45) is 0.990. The first-order valence-corrected chi connectivity index (χ1v) is 7.38. The Kier molecular flexibility index (Phi) is 3.65. The minimum atomic E-state index is -0.0135. The van der Waals surface area contributed by atoms with Crippen LogP contribution in [-0.4, -0.2) is 12.5 Å². The molecule has 0 saturated heterocycles. The number of hydrogen-bond donors (Lipinski definition) is 2. The molecule has 0 bridgehead atoms. The van der Waals surface area contributed by atoms with E-state index in [0.29, 0.717) is 0 Å². The Morgan fingerprint density at radius 1 is 1.24 bits per heavy atom. The van der Waals surface area contributed by atoms with Gasteiger partial charge in [0.1, 0.15) is 0 Å². The molecule has 108 valence electrons. The Bertz CT molecular complexity index is 679. The van der Waals surface area contributed by atoms with Gasteiger partial charge in [-0.3, -0.25) is 4.79 Å². The maximum absolute atomic E-state index is 12.4. The van der Waals surface area contributed by atoms with Gasteiger partial charge in [0.15, 0.2) is 0 Å². The summed E-state index contributed by atoms with van der Waals surface area (Å²) in [6.45, 7) is 5.05. The van der Waals surface area contributed by atoms with Crippen molar-refractivity contribution in [1.82, 2.24) is 5.32 Å². The van der Waals surface area contributed by atoms with Crippen LogP contribution in [-0.2, 0) is 6.42 Å². The molecule has 0 aliphatic carbocycles. The Hall–Kier alpha value is -2.29. The summed E-state index contributed by atoms with van der Waals surface area (Å²) in [5, 5.41) is 6.39. The lowest BCUT2D eigenvalue weighted by molar-refractivity contribution is 0.0940. The molecular formula is C18H20N2O. The number of nitrogens with one attached hydrogen (secondary N) is 2. The van der Waals surface area contributed by atoms with Crippen molar-refractivity contribution in [2.75, 3.05) is 11.9 Å². The third-order valence-electron chi connectivity index (χ3n) is 4.08. The van der Waals surface area contributed by atoms with Gasteiger partial charge in [0.25, 0.3) is 5.91 Å². The van der Waals surface area contributed by atoms with Gasteiger partial charge < -0.3 is 10.6 Å². The molecule has 0 saturated carbocycles. The zero-order valence-corrected chi connectivity index (χ0v) is 12.4. The van der Waals surface area contributed by atoms with Gasteiger partial charge >= 0.3 is 0 Å². The number of carbonyl (C=O) groups is 1. The monoisotopic (exact) mass is 280 g/mol. The predicted octanol–water partition coefficient (Wildman–Crippen LogP) is 3.45. The molecule has 3 rings (SSSR count). The first-order valence-electron chi connectivity index (χ1n) is 7.38. The fourth-order valence-electron chi connectivity index (χ4n) is 2.88. The molecule has 0 spiro atoms. The van der Waals surface area contributed by atoms with Crippen LogP contribution in [0, 0.1) is 6.92 Å². The van der Waals surface area contributed by atoms with Gasteiger partial charge in [-0.15, -0.1) is 0 Å². The van der Waals surface area contributed by atoms with Gasteiger partial charge in [-0.25, -0.2) is 0 Å². The standard InChI is InChI=1S/C18H20N2O/c1-12-5-3-4-6-16(12)13(2)20-18(21)15-7-8-17-14(11-15)9-10-19-17/h3-8,11,13,19H,9-10H2,1-2H3,(H,20,21)/t13-/m1/s1. The molecule has 1 amide bonds. The topological polar surface area (TPSA) is 41.1 Å². The van der Waals surface area contributed by atoms with Crippen LogP contribution in [0.4, 0.5) is 5.69 Å². The minimum absolute atomic E-state index is 0.00470. The number of benzene rings is 2. The van der Waals surface area contributed by atoms with Crippen LogP contribution >= 0.6 is 0 Å². The molecular weight excluding hydrogens is 260 g/mol. The maximum atomic E-state index is 12.4. The molecule has 1 heterocycles. The second-order valence-corrected chi connectivity index (χ2v) is 5.60. The molecule has 0 unspecified atom stereocenters. The van der Waals surface area contributed by atoms with E-state index in [-0.39, 0.29) is 11.9 Å². The van der Waals surface area contributed by atoms with Crippen molar-refractivity contribution >= 4 is 11.6 Å². The largest absolute Gasteiger partial charge is 0.384 e. The summed E-state index contributed by atoms with van der Waals surface area (Å²) in [5.74, 6) is -0.0135. The number of hydrogen-bond acceptors (Lipinski definition) is 2. The third kappa shape index (κ3) is 2.77. The van der Waals surface area contributed by atoms with Crippen LogP contribution in [0.3, 0.4) is 0 Å². The predicted molar refractivity (Wildman–Crippen MR) is 85.7 cm³/mol. The lowest BCUT2D eigenvalue weighted by atomic mass is 10.0.